The summed E-state index contributed by atoms with van der Waals surface area (Å²) in [6.07, 6.45) is 0. The molecule has 198 valence electrons. The number of ether oxygens (including phenoxy) is 4. The van der Waals surface area contributed by atoms with Gasteiger partial charge < -0.3 is 24.3 Å². The normalized spacial score (nSPS) is 11.0. The van der Waals surface area contributed by atoms with Gasteiger partial charge in [0.15, 0.2) is 11.5 Å². The quantitative estimate of drug-likeness (QED) is 0.383. The van der Waals surface area contributed by atoms with Crippen LogP contribution in [0, 0.1) is 6.92 Å². The average molecular weight is 549 g/mol. The van der Waals surface area contributed by atoms with Gasteiger partial charge in [0.1, 0.15) is 12.3 Å². The molecule has 0 unspecified atom stereocenters. The number of carbonyl (C=O) groups is 1. The number of amides is 1. The molecule has 0 bridgehead atoms. The molecule has 3 aromatic carbocycles. The molecule has 0 radical (unpaired) electrons. The van der Waals surface area contributed by atoms with Crippen molar-refractivity contribution in [2.24, 2.45) is 0 Å². The molecule has 0 atom stereocenters. The first-order chi connectivity index (χ1) is 17.7. The largest absolute Gasteiger partial charge is 0.495 e. The minimum Gasteiger partial charge on any atom is -0.495 e. The fourth-order valence-electron chi connectivity index (χ4n) is 3.68. The first-order valence-corrected chi connectivity index (χ1v) is 13.0. The van der Waals surface area contributed by atoms with Crippen LogP contribution in [0.3, 0.4) is 0 Å². The van der Waals surface area contributed by atoms with E-state index in [1.807, 2.05) is 6.92 Å². The van der Waals surface area contributed by atoms with E-state index in [0.29, 0.717) is 22.8 Å². The summed E-state index contributed by atoms with van der Waals surface area (Å²) in [5.41, 5.74) is 1.64. The van der Waals surface area contributed by atoms with Crippen LogP contribution in [-0.2, 0) is 21.4 Å². The number of hydrogen-bond donors (Lipinski definition) is 1. The SMILES string of the molecule is COc1ccc(Cl)cc1N(CC(=O)NCc1ccc(OC)c(OC)c1OC)S(=O)(=O)c1ccc(C)cc1. The summed E-state index contributed by atoms with van der Waals surface area (Å²) in [5, 5.41) is 3.04. The number of aryl methyl sites for hydroxylation is 1. The van der Waals surface area contributed by atoms with Gasteiger partial charge in [-0.3, -0.25) is 9.10 Å². The van der Waals surface area contributed by atoms with E-state index < -0.39 is 22.5 Å². The molecule has 9 nitrogen and oxygen atoms in total. The number of rotatable bonds is 11. The van der Waals surface area contributed by atoms with E-state index in [0.717, 1.165) is 9.87 Å². The van der Waals surface area contributed by atoms with E-state index in [1.165, 1.54) is 46.6 Å². The number of sulfonamides is 1. The predicted octanol–water partition coefficient (Wildman–Crippen LogP) is 4.19. The molecule has 37 heavy (non-hydrogen) atoms. The number of methoxy groups -OCH3 is 4. The summed E-state index contributed by atoms with van der Waals surface area (Å²) >= 11 is 6.19. The van der Waals surface area contributed by atoms with Crippen molar-refractivity contribution < 1.29 is 32.2 Å². The van der Waals surface area contributed by atoms with Gasteiger partial charge in [-0.15, -0.1) is 0 Å². The summed E-state index contributed by atoms with van der Waals surface area (Å²) in [5.74, 6) is 0.925. The minimum atomic E-state index is -4.16. The molecular weight excluding hydrogens is 520 g/mol. The number of hydrogen-bond acceptors (Lipinski definition) is 7. The number of anilines is 1. The molecule has 0 aromatic heterocycles. The second-order valence-electron chi connectivity index (χ2n) is 7.91. The maximum absolute atomic E-state index is 13.7. The summed E-state index contributed by atoms with van der Waals surface area (Å²) < 4.78 is 49.9. The Kier molecular flexibility index (Phi) is 9.12. The Balaban J connectivity index is 1.95. The number of nitrogens with zero attached hydrogens (tertiary/aromatic N) is 1. The van der Waals surface area contributed by atoms with Crippen molar-refractivity contribution in [3.8, 4) is 23.0 Å². The average Bonchev–Trinajstić information content (AvgIpc) is 2.89. The van der Waals surface area contributed by atoms with Gasteiger partial charge in [0.05, 0.1) is 39.0 Å². The maximum Gasteiger partial charge on any atom is 0.264 e. The monoisotopic (exact) mass is 548 g/mol. The van der Waals surface area contributed by atoms with Gasteiger partial charge in [0, 0.05) is 17.1 Å². The lowest BCUT2D eigenvalue weighted by atomic mass is 10.1. The fourth-order valence-corrected chi connectivity index (χ4v) is 5.27. The van der Waals surface area contributed by atoms with Gasteiger partial charge in [-0.1, -0.05) is 29.3 Å². The molecule has 11 heteroatoms. The van der Waals surface area contributed by atoms with Crippen molar-refractivity contribution in [1.82, 2.24) is 5.32 Å². The first-order valence-electron chi connectivity index (χ1n) is 11.1. The highest BCUT2D eigenvalue weighted by Crippen LogP contribution is 2.40. The van der Waals surface area contributed by atoms with Gasteiger partial charge in [-0.25, -0.2) is 8.42 Å². The van der Waals surface area contributed by atoms with Crippen molar-refractivity contribution in [3.63, 3.8) is 0 Å². The molecule has 0 aliphatic heterocycles. The zero-order chi connectivity index (χ0) is 27.2. The molecule has 1 amide bonds. The standard InChI is InChI=1S/C26H29ClN2O7S/c1-17-6-10-20(11-7-17)37(31,32)29(21-14-19(27)9-13-22(21)33-2)16-24(30)28-15-18-8-12-23(34-3)26(36-5)25(18)35-4/h6-14H,15-16H2,1-5H3,(H,28,30). The second-order valence-corrected chi connectivity index (χ2v) is 10.2. The molecule has 0 spiro atoms. The third-order valence-electron chi connectivity index (χ3n) is 5.57. The van der Waals surface area contributed by atoms with Crippen LogP contribution in [0.4, 0.5) is 5.69 Å². The number of carbonyl (C=O) groups excluding carboxylic acids is 1. The summed E-state index contributed by atoms with van der Waals surface area (Å²) in [6, 6.07) is 14.3. The Hall–Kier alpha value is -3.63. The third-order valence-corrected chi connectivity index (χ3v) is 7.58. The van der Waals surface area contributed by atoms with Crippen molar-refractivity contribution in [3.05, 3.63) is 70.7 Å². The van der Waals surface area contributed by atoms with Gasteiger partial charge >= 0.3 is 0 Å². The highest BCUT2D eigenvalue weighted by molar-refractivity contribution is 7.92. The van der Waals surface area contributed by atoms with Crippen LogP contribution in [0.15, 0.2) is 59.5 Å². The van der Waals surface area contributed by atoms with E-state index in [1.54, 1.807) is 36.4 Å². The van der Waals surface area contributed by atoms with E-state index in [9.17, 15) is 13.2 Å². The molecule has 0 heterocycles. The lowest BCUT2D eigenvalue weighted by Gasteiger charge is -2.26. The highest BCUT2D eigenvalue weighted by Gasteiger charge is 2.30. The zero-order valence-electron chi connectivity index (χ0n) is 21.2. The fraction of sp³-hybridized carbons (Fsp3) is 0.269. The number of nitrogens with one attached hydrogen (secondary N) is 1. The van der Waals surface area contributed by atoms with Gasteiger partial charge in [-0.05, 0) is 49.4 Å². The van der Waals surface area contributed by atoms with E-state index in [4.69, 9.17) is 30.5 Å². The highest BCUT2D eigenvalue weighted by atomic mass is 35.5. The van der Waals surface area contributed by atoms with Crippen molar-refractivity contribution in [2.45, 2.75) is 18.4 Å². The van der Waals surface area contributed by atoms with Crippen molar-refractivity contribution >= 4 is 33.2 Å². The number of benzene rings is 3. The van der Waals surface area contributed by atoms with Crippen LogP contribution in [0.1, 0.15) is 11.1 Å². The molecule has 0 saturated heterocycles. The van der Waals surface area contributed by atoms with Crippen LogP contribution < -0.4 is 28.6 Å². The summed E-state index contributed by atoms with van der Waals surface area (Å²) in [4.78, 5) is 13.1. The predicted molar refractivity (Wildman–Crippen MR) is 142 cm³/mol. The molecule has 0 aliphatic carbocycles. The molecule has 0 fully saturated rings. The Morgan fingerprint density at radius 3 is 2.08 bits per heavy atom. The lowest BCUT2D eigenvalue weighted by Crippen LogP contribution is -2.41. The van der Waals surface area contributed by atoms with Crippen LogP contribution in [-0.4, -0.2) is 49.3 Å². The van der Waals surface area contributed by atoms with E-state index in [2.05, 4.69) is 5.32 Å². The molecule has 3 aromatic rings. The van der Waals surface area contributed by atoms with Crippen LogP contribution >= 0.6 is 11.6 Å². The lowest BCUT2D eigenvalue weighted by molar-refractivity contribution is -0.119. The second kappa shape index (κ2) is 12.1. The molecule has 0 saturated carbocycles. The maximum atomic E-state index is 13.7. The smallest absolute Gasteiger partial charge is 0.264 e. The molecule has 3 rings (SSSR count). The van der Waals surface area contributed by atoms with Crippen LogP contribution in [0.2, 0.25) is 5.02 Å². The van der Waals surface area contributed by atoms with Crippen molar-refractivity contribution in [1.29, 1.82) is 0 Å². The molecular formula is C26H29ClN2O7S. The van der Waals surface area contributed by atoms with Crippen LogP contribution in [0.25, 0.3) is 0 Å². The zero-order valence-corrected chi connectivity index (χ0v) is 22.8. The van der Waals surface area contributed by atoms with E-state index >= 15 is 0 Å². The minimum absolute atomic E-state index is 0.0227. The Morgan fingerprint density at radius 2 is 1.49 bits per heavy atom. The Labute approximate surface area is 221 Å². The Morgan fingerprint density at radius 1 is 0.865 bits per heavy atom. The third kappa shape index (κ3) is 6.20. The Bertz CT molecular complexity index is 1360. The van der Waals surface area contributed by atoms with Gasteiger partial charge in [0.25, 0.3) is 10.0 Å². The van der Waals surface area contributed by atoms with Gasteiger partial charge in [0.2, 0.25) is 11.7 Å². The molecule has 0 aliphatic rings. The topological polar surface area (TPSA) is 103 Å². The summed E-state index contributed by atoms with van der Waals surface area (Å²) in [7, 11) is 1.71. The molecule has 1 N–H and O–H groups in total. The number of halogens is 1. The van der Waals surface area contributed by atoms with Crippen LogP contribution in [0.5, 0.6) is 23.0 Å². The van der Waals surface area contributed by atoms with Crippen molar-refractivity contribution in [2.75, 3.05) is 39.3 Å². The summed E-state index contributed by atoms with van der Waals surface area (Å²) in [6.45, 7) is 1.38. The first kappa shape index (κ1) is 27.9. The van der Waals surface area contributed by atoms with E-state index in [-0.39, 0.29) is 27.9 Å². The van der Waals surface area contributed by atoms with Gasteiger partial charge in [-0.2, -0.15) is 0 Å².